The monoisotopic (exact) mass is 538 g/mol. The maximum Gasteiger partial charge on any atom is 0.325 e. The molecule has 0 fully saturated rings. The zero-order valence-electron chi connectivity index (χ0n) is 23.8. The standard InChI is InChI=1S/C31H42N2O6/c1-23(21-29(35)32-20-12-8-11-15-28(34)33-22-30(36)38-5)16-17-24(2)31(39-6)25(3)27(37-4)19-18-26-13-9-7-10-14-26/h7,9-21,24-25,27,31H,8,22H2,1-6H3,(H,32,35)(H,33,34)/b15-11-,17-16+,19-18+,20-12-,23-21+/t24-,25-,27-,31+/m0/s1. The Balaban J connectivity index is 2.57. The molecule has 0 aliphatic rings. The Labute approximate surface area is 232 Å². The van der Waals surface area contributed by atoms with Crippen LogP contribution in [-0.2, 0) is 28.6 Å². The van der Waals surface area contributed by atoms with E-state index in [1.54, 1.807) is 26.4 Å². The number of benzene rings is 1. The molecule has 0 unspecified atom stereocenters. The van der Waals surface area contributed by atoms with Gasteiger partial charge in [0.25, 0.3) is 0 Å². The van der Waals surface area contributed by atoms with Crippen LogP contribution in [0.25, 0.3) is 6.08 Å². The summed E-state index contributed by atoms with van der Waals surface area (Å²) in [6.45, 7) is 5.85. The van der Waals surface area contributed by atoms with Crippen LogP contribution in [0.3, 0.4) is 0 Å². The topological polar surface area (TPSA) is 103 Å². The second-order valence-corrected chi connectivity index (χ2v) is 8.98. The molecule has 1 rings (SSSR count). The van der Waals surface area contributed by atoms with Crippen molar-refractivity contribution in [2.24, 2.45) is 11.8 Å². The van der Waals surface area contributed by atoms with Crippen LogP contribution in [-0.4, -0.2) is 57.9 Å². The fraction of sp³-hybridized carbons (Fsp3) is 0.387. The maximum absolute atomic E-state index is 12.2. The Morgan fingerprint density at radius 1 is 0.923 bits per heavy atom. The van der Waals surface area contributed by atoms with Gasteiger partial charge in [0.05, 0.1) is 19.3 Å². The lowest BCUT2D eigenvalue weighted by Crippen LogP contribution is -2.35. The van der Waals surface area contributed by atoms with Gasteiger partial charge in [-0.2, -0.15) is 0 Å². The zero-order valence-corrected chi connectivity index (χ0v) is 23.8. The first-order chi connectivity index (χ1) is 18.7. The van der Waals surface area contributed by atoms with Crippen molar-refractivity contribution in [2.75, 3.05) is 27.9 Å². The van der Waals surface area contributed by atoms with Crippen molar-refractivity contribution in [1.82, 2.24) is 10.6 Å². The third-order valence-corrected chi connectivity index (χ3v) is 5.92. The smallest absolute Gasteiger partial charge is 0.325 e. The highest BCUT2D eigenvalue weighted by Crippen LogP contribution is 2.24. The first-order valence-electron chi connectivity index (χ1n) is 12.8. The molecule has 0 bridgehead atoms. The summed E-state index contributed by atoms with van der Waals surface area (Å²) >= 11 is 0. The van der Waals surface area contributed by atoms with Gasteiger partial charge in [-0.3, -0.25) is 14.4 Å². The van der Waals surface area contributed by atoms with Gasteiger partial charge in [0, 0.05) is 38.3 Å². The summed E-state index contributed by atoms with van der Waals surface area (Å²) in [5, 5.41) is 5.06. The lowest BCUT2D eigenvalue weighted by molar-refractivity contribution is -0.140. The van der Waals surface area contributed by atoms with Gasteiger partial charge in [0.1, 0.15) is 6.54 Å². The van der Waals surface area contributed by atoms with Crippen molar-refractivity contribution < 1.29 is 28.6 Å². The van der Waals surface area contributed by atoms with E-state index in [-0.39, 0.29) is 36.5 Å². The second kappa shape index (κ2) is 19.3. The van der Waals surface area contributed by atoms with E-state index < -0.39 is 11.9 Å². The van der Waals surface area contributed by atoms with Crippen LogP contribution in [0.2, 0.25) is 0 Å². The first-order valence-corrected chi connectivity index (χ1v) is 12.8. The molecule has 1 aromatic carbocycles. The van der Waals surface area contributed by atoms with Crippen LogP contribution in [0.5, 0.6) is 0 Å². The minimum Gasteiger partial charge on any atom is -0.468 e. The molecule has 8 nitrogen and oxygen atoms in total. The van der Waals surface area contributed by atoms with Crippen LogP contribution in [0.4, 0.5) is 0 Å². The molecule has 212 valence electrons. The summed E-state index contributed by atoms with van der Waals surface area (Å²) in [6.07, 6.45) is 15.9. The fourth-order valence-electron chi connectivity index (χ4n) is 3.80. The zero-order chi connectivity index (χ0) is 29.0. The van der Waals surface area contributed by atoms with Gasteiger partial charge in [-0.15, -0.1) is 0 Å². The predicted molar refractivity (Wildman–Crippen MR) is 154 cm³/mol. The van der Waals surface area contributed by atoms with Crippen LogP contribution >= 0.6 is 0 Å². The average molecular weight is 539 g/mol. The number of amides is 2. The molecule has 1 aromatic rings. The van der Waals surface area contributed by atoms with Gasteiger partial charge in [-0.05, 0) is 30.6 Å². The summed E-state index contributed by atoms with van der Waals surface area (Å²) in [4.78, 5) is 34.7. The summed E-state index contributed by atoms with van der Waals surface area (Å²) in [5.41, 5.74) is 1.91. The number of hydrogen-bond acceptors (Lipinski definition) is 6. The molecule has 0 aliphatic carbocycles. The highest BCUT2D eigenvalue weighted by Gasteiger charge is 2.27. The van der Waals surface area contributed by atoms with Crippen molar-refractivity contribution in [3.05, 3.63) is 90.2 Å². The number of ether oxygens (including phenoxy) is 3. The molecule has 2 amide bonds. The average Bonchev–Trinajstić information content (AvgIpc) is 2.93. The van der Waals surface area contributed by atoms with Gasteiger partial charge in [0.15, 0.2) is 0 Å². The molecule has 0 radical (unpaired) electrons. The minimum absolute atomic E-state index is 0.0793. The molecule has 0 saturated carbocycles. The molecule has 0 aromatic heterocycles. The molecule has 4 atom stereocenters. The molecule has 8 heteroatoms. The maximum atomic E-state index is 12.2. The van der Waals surface area contributed by atoms with Crippen LogP contribution in [0.1, 0.15) is 32.8 Å². The molecular formula is C31H42N2O6. The molecule has 0 saturated heterocycles. The van der Waals surface area contributed by atoms with E-state index in [1.807, 2.05) is 49.4 Å². The van der Waals surface area contributed by atoms with Gasteiger partial charge in [0.2, 0.25) is 11.8 Å². The largest absolute Gasteiger partial charge is 0.468 e. The fourth-order valence-corrected chi connectivity index (χ4v) is 3.80. The van der Waals surface area contributed by atoms with E-state index in [4.69, 9.17) is 9.47 Å². The highest BCUT2D eigenvalue weighted by molar-refractivity contribution is 5.90. The van der Waals surface area contributed by atoms with E-state index in [0.717, 1.165) is 11.1 Å². The molecule has 0 spiro atoms. The van der Waals surface area contributed by atoms with Crippen LogP contribution in [0, 0.1) is 11.8 Å². The summed E-state index contributed by atoms with van der Waals surface area (Å²) < 4.78 is 16.0. The Bertz CT molecular complexity index is 1040. The van der Waals surface area contributed by atoms with Crippen LogP contribution < -0.4 is 10.6 Å². The summed E-state index contributed by atoms with van der Waals surface area (Å²) in [6, 6.07) is 10.1. The van der Waals surface area contributed by atoms with Crippen molar-refractivity contribution in [3.63, 3.8) is 0 Å². The third kappa shape index (κ3) is 14.1. The van der Waals surface area contributed by atoms with Crippen LogP contribution in [0.15, 0.2) is 84.6 Å². The Morgan fingerprint density at radius 2 is 1.64 bits per heavy atom. The number of carbonyl (C=O) groups excluding carboxylic acids is 3. The van der Waals surface area contributed by atoms with Crippen molar-refractivity contribution in [1.29, 1.82) is 0 Å². The molecule has 0 aliphatic heterocycles. The van der Waals surface area contributed by atoms with Crippen molar-refractivity contribution in [3.8, 4) is 0 Å². The lowest BCUT2D eigenvalue weighted by Gasteiger charge is -2.30. The van der Waals surface area contributed by atoms with Gasteiger partial charge in [-0.25, -0.2) is 0 Å². The van der Waals surface area contributed by atoms with Crippen molar-refractivity contribution >= 4 is 23.9 Å². The summed E-state index contributed by atoms with van der Waals surface area (Å²) in [7, 11) is 4.65. The lowest BCUT2D eigenvalue weighted by atomic mass is 9.88. The Hall–Kier alpha value is -3.75. The molecule has 39 heavy (non-hydrogen) atoms. The number of carbonyl (C=O) groups is 3. The molecule has 2 N–H and O–H groups in total. The number of allylic oxidation sites excluding steroid dienone is 4. The number of methoxy groups -OCH3 is 3. The SMILES string of the molecule is COC(=O)CNC(=O)/C=C\C/C=C\NC(=O)/C=C(C)/C=C/[C@H](C)[C@@H](OC)[C@@H](C)[C@H](/C=C/c1ccccc1)OC. The highest BCUT2D eigenvalue weighted by atomic mass is 16.5. The van der Waals surface area contributed by atoms with E-state index in [1.165, 1.54) is 25.5 Å². The quantitative estimate of drug-likeness (QED) is 0.184. The first kappa shape index (κ1) is 33.3. The van der Waals surface area contributed by atoms with E-state index in [9.17, 15) is 14.4 Å². The second-order valence-electron chi connectivity index (χ2n) is 8.98. The van der Waals surface area contributed by atoms with Gasteiger partial charge >= 0.3 is 5.97 Å². The minimum atomic E-state index is -0.522. The number of rotatable bonds is 16. The molecule has 0 heterocycles. The molecular weight excluding hydrogens is 496 g/mol. The predicted octanol–water partition coefficient (Wildman–Crippen LogP) is 4.37. The van der Waals surface area contributed by atoms with Crippen molar-refractivity contribution in [2.45, 2.75) is 39.4 Å². The third-order valence-electron chi connectivity index (χ3n) is 5.92. The number of hydrogen-bond donors (Lipinski definition) is 2. The Morgan fingerprint density at radius 3 is 2.28 bits per heavy atom. The number of esters is 1. The van der Waals surface area contributed by atoms with E-state index in [0.29, 0.717) is 6.42 Å². The summed E-state index contributed by atoms with van der Waals surface area (Å²) in [5.74, 6) is -1.01. The Kier molecular flexibility index (Phi) is 16.5. The van der Waals surface area contributed by atoms with Gasteiger partial charge in [-0.1, -0.05) is 80.6 Å². The van der Waals surface area contributed by atoms with Gasteiger partial charge < -0.3 is 24.8 Å². The normalized spacial score (nSPS) is 15.5. The van der Waals surface area contributed by atoms with E-state index in [2.05, 4.69) is 41.4 Å². The number of nitrogens with one attached hydrogen (secondary N) is 2. The van der Waals surface area contributed by atoms with E-state index >= 15 is 0 Å².